The van der Waals surface area contributed by atoms with Crippen LogP contribution in [0.1, 0.15) is 45.6 Å². The van der Waals surface area contributed by atoms with Gasteiger partial charge in [-0.2, -0.15) is 0 Å². The van der Waals surface area contributed by atoms with Gasteiger partial charge < -0.3 is 14.8 Å². The van der Waals surface area contributed by atoms with E-state index in [1.165, 1.54) is 0 Å². The maximum Gasteiger partial charge on any atom is 0.252 e. The van der Waals surface area contributed by atoms with Crippen LogP contribution in [0.5, 0.6) is 5.88 Å². The molecule has 0 bridgehead atoms. The largest absolute Gasteiger partial charge is 0.475 e. The van der Waals surface area contributed by atoms with Crippen LogP contribution in [-0.4, -0.2) is 36.2 Å². The van der Waals surface area contributed by atoms with E-state index in [-0.39, 0.29) is 5.91 Å². The molecule has 1 amide bonds. The van der Waals surface area contributed by atoms with Gasteiger partial charge in [0.1, 0.15) is 6.61 Å². The fourth-order valence-corrected chi connectivity index (χ4v) is 3.97. The third-order valence-corrected chi connectivity index (χ3v) is 5.46. The van der Waals surface area contributed by atoms with Crippen molar-refractivity contribution >= 4 is 16.8 Å². The van der Waals surface area contributed by atoms with Crippen LogP contribution in [0.3, 0.4) is 0 Å². The number of hydrogen-bond donors (Lipinski definition) is 1. The van der Waals surface area contributed by atoms with Gasteiger partial charge in [0.2, 0.25) is 5.88 Å². The lowest BCUT2D eigenvalue weighted by atomic mass is 9.89. The number of ether oxygens (including phenoxy) is 2. The summed E-state index contributed by atoms with van der Waals surface area (Å²) in [4.78, 5) is 22.5. The molecule has 0 fully saturated rings. The lowest BCUT2D eigenvalue weighted by Crippen LogP contribution is -2.26. The number of carbonyl (C=O) groups is 1. The molecule has 0 radical (unpaired) electrons. The van der Waals surface area contributed by atoms with Crippen LogP contribution < -0.4 is 10.1 Å². The number of pyridine rings is 2. The molecule has 1 aliphatic rings. The van der Waals surface area contributed by atoms with E-state index in [1.54, 1.807) is 13.3 Å². The fourth-order valence-electron chi connectivity index (χ4n) is 3.97. The molecule has 1 N–H and O–H groups in total. The van der Waals surface area contributed by atoms with E-state index in [0.717, 1.165) is 64.5 Å². The summed E-state index contributed by atoms with van der Waals surface area (Å²) < 4.78 is 10.7. The normalized spacial score (nSPS) is 13.1. The summed E-state index contributed by atoms with van der Waals surface area (Å²) in [6, 6.07) is 9.89. The molecule has 2 aromatic heterocycles. The zero-order valence-electron chi connectivity index (χ0n) is 17.5. The Kier molecular flexibility index (Phi) is 6.23. The number of nitrogens with one attached hydrogen (secondary N) is 1. The SMILES string of the molecule is COCCOc1ncccc1CNC(=O)c1c2c(nc3ccc(C)cc13)CCCC2. The molecular formula is C24H27N3O3. The maximum absolute atomic E-state index is 13.4. The van der Waals surface area contributed by atoms with Gasteiger partial charge in [0.15, 0.2) is 0 Å². The molecule has 30 heavy (non-hydrogen) atoms. The quantitative estimate of drug-likeness (QED) is 0.606. The fraction of sp³-hybridized carbons (Fsp3) is 0.375. The maximum atomic E-state index is 13.4. The molecule has 1 aliphatic carbocycles. The standard InChI is InChI=1S/C24H27N3O3/c1-16-9-10-21-19(14-16)22(18-7-3-4-8-20(18)27-21)23(28)26-15-17-6-5-11-25-24(17)30-13-12-29-2/h5-6,9-11,14H,3-4,7-8,12-13,15H2,1-2H3,(H,26,28). The van der Waals surface area contributed by atoms with Crippen molar-refractivity contribution < 1.29 is 14.3 Å². The van der Waals surface area contributed by atoms with Crippen LogP contribution in [0, 0.1) is 6.92 Å². The van der Waals surface area contributed by atoms with Gasteiger partial charge in [-0.25, -0.2) is 4.98 Å². The van der Waals surface area contributed by atoms with Crippen LogP contribution in [0.2, 0.25) is 0 Å². The van der Waals surface area contributed by atoms with Gasteiger partial charge in [-0.15, -0.1) is 0 Å². The second-order valence-corrected chi connectivity index (χ2v) is 7.63. The molecule has 0 atom stereocenters. The van der Waals surface area contributed by atoms with E-state index in [9.17, 15) is 4.79 Å². The number of benzene rings is 1. The smallest absolute Gasteiger partial charge is 0.252 e. The predicted molar refractivity (Wildman–Crippen MR) is 116 cm³/mol. The topological polar surface area (TPSA) is 73.3 Å². The molecule has 4 rings (SSSR count). The second-order valence-electron chi connectivity index (χ2n) is 7.63. The number of rotatable bonds is 7. The van der Waals surface area contributed by atoms with Crippen molar-refractivity contribution in [2.24, 2.45) is 0 Å². The zero-order valence-corrected chi connectivity index (χ0v) is 17.5. The number of methoxy groups -OCH3 is 1. The van der Waals surface area contributed by atoms with Crippen molar-refractivity contribution in [3.05, 3.63) is 64.5 Å². The Bertz CT molecular complexity index is 1060. The van der Waals surface area contributed by atoms with E-state index in [4.69, 9.17) is 14.5 Å². The third-order valence-electron chi connectivity index (χ3n) is 5.46. The van der Waals surface area contributed by atoms with Crippen LogP contribution in [0.15, 0.2) is 36.5 Å². The molecule has 0 saturated carbocycles. The lowest BCUT2D eigenvalue weighted by Gasteiger charge is -2.21. The Hall–Kier alpha value is -2.99. The summed E-state index contributed by atoms with van der Waals surface area (Å²) in [5.74, 6) is 0.449. The molecule has 0 unspecified atom stereocenters. The Labute approximate surface area is 176 Å². The zero-order chi connectivity index (χ0) is 20.9. The minimum absolute atomic E-state index is 0.0714. The Morgan fingerprint density at radius 1 is 1.17 bits per heavy atom. The minimum Gasteiger partial charge on any atom is -0.475 e. The summed E-state index contributed by atoms with van der Waals surface area (Å²) in [5.41, 5.74) is 5.77. The van der Waals surface area contributed by atoms with E-state index in [2.05, 4.69) is 16.4 Å². The number of amides is 1. The van der Waals surface area contributed by atoms with Crippen molar-refractivity contribution in [3.63, 3.8) is 0 Å². The highest BCUT2D eigenvalue weighted by Gasteiger charge is 2.23. The number of aryl methyl sites for hydroxylation is 2. The molecular weight excluding hydrogens is 378 g/mol. The van der Waals surface area contributed by atoms with E-state index in [1.807, 2.05) is 31.2 Å². The molecule has 6 nitrogen and oxygen atoms in total. The van der Waals surface area contributed by atoms with Crippen molar-refractivity contribution in [2.45, 2.75) is 39.2 Å². The summed E-state index contributed by atoms with van der Waals surface area (Å²) in [6.07, 6.45) is 5.72. The summed E-state index contributed by atoms with van der Waals surface area (Å²) in [7, 11) is 1.63. The van der Waals surface area contributed by atoms with Crippen LogP contribution in [0.25, 0.3) is 10.9 Å². The molecule has 156 valence electrons. The molecule has 2 heterocycles. The average Bonchev–Trinajstić information content (AvgIpc) is 2.77. The summed E-state index contributed by atoms with van der Waals surface area (Å²) in [5, 5.41) is 4.02. The lowest BCUT2D eigenvalue weighted by molar-refractivity contribution is 0.0950. The monoisotopic (exact) mass is 405 g/mol. The number of hydrogen-bond acceptors (Lipinski definition) is 5. The number of fused-ring (bicyclic) bond motifs is 2. The highest BCUT2D eigenvalue weighted by atomic mass is 16.5. The molecule has 6 heteroatoms. The molecule has 0 spiro atoms. The molecule has 3 aromatic rings. The minimum atomic E-state index is -0.0714. The Morgan fingerprint density at radius 2 is 2.03 bits per heavy atom. The van der Waals surface area contributed by atoms with E-state index < -0.39 is 0 Å². The van der Waals surface area contributed by atoms with Crippen molar-refractivity contribution in [1.82, 2.24) is 15.3 Å². The Balaban J connectivity index is 1.62. The number of aromatic nitrogens is 2. The van der Waals surface area contributed by atoms with Crippen molar-refractivity contribution in [1.29, 1.82) is 0 Å². The third kappa shape index (κ3) is 4.28. The Morgan fingerprint density at radius 3 is 2.90 bits per heavy atom. The van der Waals surface area contributed by atoms with Gasteiger partial charge in [0.05, 0.1) is 17.7 Å². The highest BCUT2D eigenvalue weighted by Crippen LogP contribution is 2.30. The van der Waals surface area contributed by atoms with E-state index in [0.29, 0.717) is 25.6 Å². The first kappa shape index (κ1) is 20.3. The number of carbonyl (C=O) groups excluding carboxylic acids is 1. The van der Waals surface area contributed by atoms with Gasteiger partial charge in [-0.05, 0) is 56.4 Å². The summed E-state index contributed by atoms with van der Waals surface area (Å²) in [6.45, 7) is 3.28. The highest BCUT2D eigenvalue weighted by molar-refractivity contribution is 6.08. The average molecular weight is 405 g/mol. The number of nitrogens with zero attached hydrogens (tertiary/aromatic N) is 2. The van der Waals surface area contributed by atoms with Gasteiger partial charge in [-0.3, -0.25) is 9.78 Å². The van der Waals surface area contributed by atoms with Gasteiger partial charge in [-0.1, -0.05) is 17.7 Å². The van der Waals surface area contributed by atoms with Crippen molar-refractivity contribution in [3.8, 4) is 5.88 Å². The van der Waals surface area contributed by atoms with E-state index >= 15 is 0 Å². The van der Waals surface area contributed by atoms with Crippen LogP contribution in [-0.2, 0) is 24.1 Å². The first-order valence-electron chi connectivity index (χ1n) is 10.4. The van der Waals surface area contributed by atoms with Crippen molar-refractivity contribution in [2.75, 3.05) is 20.3 Å². The molecule has 1 aromatic carbocycles. The molecule has 0 aliphatic heterocycles. The molecule has 0 saturated heterocycles. The second kappa shape index (κ2) is 9.22. The van der Waals surface area contributed by atoms with Gasteiger partial charge in [0, 0.05) is 36.5 Å². The van der Waals surface area contributed by atoms with Crippen LogP contribution in [0.4, 0.5) is 0 Å². The van der Waals surface area contributed by atoms with Gasteiger partial charge in [0.25, 0.3) is 5.91 Å². The first-order chi connectivity index (χ1) is 14.7. The predicted octanol–water partition coefficient (Wildman–Crippen LogP) is 3.77. The summed E-state index contributed by atoms with van der Waals surface area (Å²) >= 11 is 0. The van der Waals surface area contributed by atoms with Crippen LogP contribution >= 0.6 is 0 Å². The van der Waals surface area contributed by atoms with Gasteiger partial charge >= 0.3 is 0 Å². The first-order valence-corrected chi connectivity index (χ1v) is 10.4.